The summed E-state index contributed by atoms with van der Waals surface area (Å²) in [4.78, 5) is 0. The van der Waals surface area contributed by atoms with Crippen molar-refractivity contribution < 1.29 is 27.2 Å². The van der Waals surface area contributed by atoms with Crippen LogP contribution in [0.4, 0.5) is 11.4 Å². The lowest BCUT2D eigenvalue weighted by atomic mass is 10.2. The van der Waals surface area contributed by atoms with E-state index in [1.165, 1.54) is 28.4 Å². The summed E-state index contributed by atoms with van der Waals surface area (Å²) in [5, 5.41) is 7.44. The molecule has 3 aromatic rings. The van der Waals surface area contributed by atoms with Crippen molar-refractivity contribution in [3.63, 3.8) is 0 Å². The average molecular weight is 573 g/mol. The highest BCUT2D eigenvalue weighted by atomic mass is 35.5. The standard InChI is InChI=1S/C24H28Cl2N2O6P2/c1-31-35(29,32-2)23(17-9-7-11-19(25)15-17)27-21-13-5-6-14-22(21)28-24(36(30,33-3)34-4)18-10-8-12-20(26)16-18/h5-16,23-24,27-28H,1-4H3. The van der Waals surface area contributed by atoms with Crippen molar-refractivity contribution >= 4 is 49.8 Å². The molecule has 3 aromatic carbocycles. The monoisotopic (exact) mass is 572 g/mol. The van der Waals surface area contributed by atoms with E-state index in [0.717, 1.165) is 0 Å². The summed E-state index contributed by atoms with van der Waals surface area (Å²) in [6.07, 6.45) is 0. The highest BCUT2D eigenvalue weighted by molar-refractivity contribution is 7.54. The van der Waals surface area contributed by atoms with E-state index in [-0.39, 0.29) is 0 Å². The fraction of sp³-hybridized carbons (Fsp3) is 0.250. The van der Waals surface area contributed by atoms with E-state index in [4.69, 9.17) is 41.3 Å². The Hall–Kier alpha value is -1.86. The third-order valence-corrected chi connectivity index (χ3v) is 10.1. The van der Waals surface area contributed by atoms with Crippen LogP contribution in [0, 0.1) is 0 Å². The fourth-order valence-corrected chi connectivity index (χ4v) is 6.83. The van der Waals surface area contributed by atoms with E-state index in [1.54, 1.807) is 72.8 Å². The Morgan fingerprint density at radius 1 is 0.611 bits per heavy atom. The zero-order chi connectivity index (χ0) is 26.3. The molecule has 0 aliphatic rings. The highest BCUT2D eigenvalue weighted by Gasteiger charge is 2.38. The molecule has 0 heterocycles. The molecular weight excluding hydrogens is 545 g/mol. The molecule has 0 spiro atoms. The largest absolute Gasteiger partial charge is 0.366 e. The van der Waals surface area contributed by atoms with Gasteiger partial charge in [0, 0.05) is 38.5 Å². The van der Waals surface area contributed by atoms with Crippen molar-refractivity contribution in [2.24, 2.45) is 0 Å². The normalized spacial score (nSPS) is 13.7. The molecule has 2 atom stereocenters. The Kier molecular flexibility index (Phi) is 10.0. The maximum atomic E-state index is 13.5. The Bertz CT molecular complexity index is 1170. The van der Waals surface area contributed by atoms with Gasteiger partial charge in [-0.25, -0.2) is 0 Å². The molecule has 0 bridgehead atoms. The Morgan fingerprint density at radius 2 is 0.972 bits per heavy atom. The van der Waals surface area contributed by atoms with Gasteiger partial charge in [0.25, 0.3) is 0 Å². The van der Waals surface area contributed by atoms with Gasteiger partial charge in [0.2, 0.25) is 0 Å². The molecule has 8 nitrogen and oxygen atoms in total. The topological polar surface area (TPSA) is 95.1 Å². The first-order valence-electron chi connectivity index (χ1n) is 10.7. The molecule has 2 unspecified atom stereocenters. The van der Waals surface area contributed by atoms with E-state index in [2.05, 4.69) is 10.6 Å². The van der Waals surface area contributed by atoms with Gasteiger partial charge in [-0.1, -0.05) is 59.6 Å². The average Bonchev–Trinajstić information content (AvgIpc) is 2.90. The van der Waals surface area contributed by atoms with Crippen LogP contribution >= 0.6 is 38.4 Å². The van der Waals surface area contributed by atoms with E-state index in [9.17, 15) is 9.13 Å². The van der Waals surface area contributed by atoms with Crippen LogP contribution < -0.4 is 10.6 Å². The van der Waals surface area contributed by atoms with Gasteiger partial charge in [0.15, 0.2) is 11.6 Å². The van der Waals surface area contributed by atoms with Gasteiger partial charge in [0.05, 0.1) is 11.4 Å². The molecule has 12 heteroatoms. The summed E-state index contributed by atoms with van der Waals surface area (Å²) in [7, 11) is -2.10. The molecule has 194 valence electrons. The lowest BCUT2D eigenvalue weighted by Crippen LogP contribution is -2.17. The molecule has 0 radical (unpaired) electrons. The number of rotatable bonds is 12. The van der Waals surface area contributed by atoms with Crippen LogP contribution in [0.2, 0.25) is 10.0 Å². The van der Waals surface area contributed by atoms with Crippen molar-refractivity contribution in [2.45, 2.75) is 11.6 Å². The Labute approximate surface area is 221 Å². The van der Waals surface area contributed by atoms with Gasteiger partial charge in [-0.3, -0.25) is 9.13 Å². The Morgan fingerprint density at radius 3 is 1.28 bits per heavy atom. The summed E-state index contributed by atoms with van der Waals surface area (Å²) in [6.45, 7) is 0. The van der Waals surface area contributed by atoms with Crippen molar-refractivity contribution in [1.82, 2.24) is 0 Å². The number of halogens is 2. The smallest absolute Gasteiger partial charge is 0.356 e. The number of benzene rings is 3. The van der Waals surface area contributed by atoms with Gasteiger partial charge in [-0.05, 0) is 47.5 Å². The van der Waals surface area contributed by atoms with Crippen molar-refractivity contribution in [3.05, 3.63) is 94.0 Å². The first kappa shape index (κ1) is 28.7. The van der Waals surface area contributed by atoms with Crippen LogP contribution in [0.1, 0.15) is 22.7 Å². The summed E-state index contributed by atoms with van der Waals surface area (Å²) < 4.78 is 48.3. The summed E-state index contributed by atoms with van der Waals surface area (Å²) in [5.74, 6) is -1.81. The lowest BCUT2D eigenvalue weighted by Gasteiger charge is -2.30. The van der Waals surface area contributed by atoms with Crippen LogP contribution in [-0.4, -0.2) is 28.4 Å². The van der Waals surface area contributed by atoms with Crippen LogP contribution in [0.3, 0.4) is 0 Å². The number of anilines is 2. The minimum Gasteiger partial charge on any atom is -0.366 e. The van der Waals surface area contributed by atoms with Gasteiger partial charge in [-0.15, -0.1) is 0 Å². The minimum atomic E-state index is -3.68. The summed E-state index contributed by atoms with van der Waals surface area (Å²) >= 11 is 12.4. The van der Waals surface area contributed by atoms with Gasteiger partial charge in [-0.2, -0.15) is 0 Å². The Balaban J connectivity index is 2.08. The van der Waals surface area contributed by atoms with E-state index in [0.29, 0.717) is 32.5 Å². The SMILES string of the molecule is COP(=O)(OC)C(Nc1ccccc1NC(c1cccc(Cl)c1)P(=O)(OC)OC)c1cccc(Cl)c1. The van der Waals surface area contributed by atoms with E-state index < -0.39 is 26.8 Å². The number of nitrogens with one attached hydrogen (secondary N) is 2. The molecule has 3 rings (SSSR count). The van der Waals surface area contributed by atoms with Gasteiger partial charge in [0.1, 0.15) is 0 Å². The first-order valence-corrected chi connectivity index (χ1v) is 14.7. The van der Waals surface area contributed by atoms with E-state index in [1.807, 2.05) is 0 Å². The molecule has 0 aliphatic heterocycles. The van der Waals surface area contributed by atoms with Gasteiger partial charge < -0.3 is 28.7 Å². The quantitative estimate of drug-likeness (QED) is 0.210. The summed E-state index contributed by atoms with van der Waals surface area (Å²) in [6, 6.07) is 21.0. The van der Waals surface area contributed by atoms with Crippen LogP contribution in [0.5, 0.6) is 0 Å². The third-order valence-electron chi connectivity index (χ3n) is 5.49. The van der Waals surface area contributed by atoms with Crippen LogP contribution in [-0.2, 0) is 27.2 Å². The molecule has 2 N–H and O–H groups in total. The molecule has 0 amide bonds. The third kappa shape index (κ3) is 6.52. The predicted octanol–water partition coefficient (Wildman–Crippen LogP) is 8.19. The molecule has 0 aromatic heterocycles. The highest BCUT2D eigenvalue weighted by Crippen LogP contribution is 2.62. The zero-order valence-corrected chi connectivity index (χ0v) is 23.5. The minimum absolute atomic E-state index is 0.464. The van der Waals surface area contributed by atoms with E-state index >= 15 is 0 Å². The van der Waals surface area contributed by atoms with Crippen molar-refractivity contribution in [1.29, 1.82) is 0 Å². The second-order valence-electron chi connectivity index (χ2n) is 7.56. The number of hydrogen-bond donors (Lipinski definition) is 2. The second kappa shape index (κ2) is 12.6. The van der Waals surface area contributed by atoms with Crippen LogP contribution in [0.15, 0.2) is 72.8 Å². The van der Waals surface area contributed by atoms with Gasteiger partial charge >= 0.3 is 15.2 Å². The number of hydrogen-bond acceptors (Lipinski definition) is 8. The molecule has 0 saturated heterocycles. The zero-order valence-electron chi connectivity index (χ0n) is 20.2. The molecule has 0 fully saturated rings. The molecule has 36 heavy (non-hydrogen) atoms. The van der Waals surface area contributed by atoms with Crippen LogP contribution in [0.25, 0.3) is 0 Å². The molecular formula is C24H28Cl2N2O6P2. The molecule has 0 saturated carbocycles. The summed E-state index contributed by atoms with van der Waals surface area (Å²) in [5.41, 5.74) is 2.25. The molecule has 0 aliphatic carbocycles. The lowest BCUT2D eigenvalue weighted by molar-refractivity contribution is 0.267. The second-order valence-corrected chi connectivity index (χ2v) is 13.1. The maximum absolute atomic E-state index is 13.5. The maximum Gasteiger partial charge on any atom is 0.356 e. The number of para-hydroxylation sites is 2. The first-order chi connectivity index (χ1) is 17.2. The van der Waals surface area contributed by atoms with Crippen molar-refractivity contribution in [2.75, 3.05) is 39.1 Å². The van der Waals surface area contributed by atoms with Crippen molar-refractivity contribution in [3.8, 4) is 0 Å². The fourth-order valence-electron chi connectivity index (χ4n) is 3.64. The predicted molar refractivity (Wildman–Crippen MR) is 145 cm³/mol.